The van der Waals surface area contributed by atoms with Crippen molar-refractivity contribution >= 4 is 27.8 Å². The molecule has 0 aliphatic carbocycles. The molecule has 1 unspecified atom stereocenters. The zero-order valence-corrected chi connectivity index (χ0v) is 12.0. The number of nitrogens with zero attached hydrogens (tertiary/aromatic N) is 1. The highest BCUT2D eigenvalue weighted by molar-refractivity contribution is 9.10. The number of carbonyl (C=O) groups excluding carboxylic acids is 1. The lowest BCUT2D eigenvalue weighted by Gasteiger charge is -2.25. The minimum atomic E-state index is -0.711. The fraction of sp³-hybridized carbons (Fsp3) is 0.385. The van der Waals surface area contributed by atoms with Crippen LogP contribution in [-0.4, -0.2) is 18.4 Å². The summed E-state index contributed by atoms with van der Waals surface area (Å²) in [5.74, 6) is 0.514. The highest BCUT2D eigenvalue weighted by atomic mass is 79.9. The highest BCUT2D eigenvalue weighted by Gasteiger charge is 2.45. The maximum absolute atomic E-state index is 12.3. The lowest BCUT2D eigenvalue weighted by atomic mass is 9.87. The second kappa shape index (κ2) is 5.10. The maximum atomic E-state index is 12.3. The Morgan fingerprint density at radius 1 is 1.39 bits per heavy atom. The van der Waals surface area contributed by atoms with Crippen molar-refractivity contribution in [1.82, 2.24) is 10.6 Å². The monoisotopic (exact) mass is 309 g/mol. The first kappa shape index (κ1) is 13.1. The van der Waals surface area contributed by atoms with Crippen LogP contribution in [-0.2, 0) is 10.3 Å². The molecule has 0 saturated carbocycles. The predicted octanol–water partition coefficient (Wildman–Crippen LogP) is 2.15. The number of hydrogen-bond donors (Lipinski definition) is 2. The Morgan fingerprint density at radius 3 is 2.78 bits per heavy atom. The Bertz CT molecular complexity index is 501. The molecule has 1 atom stereocenters. The average Bonchev–Trinajstić information content (AvgIpc) is 2.67. The summed E-state index contributed by atoms with van der Waals surface area (Å²) < 4.78 is 0.961. The molecule has 1 saturated heterocycles. The van der Waals surface area contributed by atoms with E-state index in [9.17, 15) is 4.79 Å². The fourth-order valence-corrected chi connectivity index (χ4v) is 2.55. The highest BCUT2D eigenvalue weighted by Crippen LogP contribution is 2.30. The summed E-state index contributed by atoms with van der Waals surface area (Å²) in [5, 5.41) is 6.02. The van der Waals surface area contributed by atoms with Crippen molar-refractivity contribution in [2.24, 2.45) is 4.99 Å². The zero-order valence-electron chi connectivity index (χ0n) is 10.5. The van der Waals surface area contributed by atoms with Crippen LogP contribution in [0.1, 0.15) is 25.8 Å². The largest absolute Gasteiger partial charge is 0.338 e. The number of benzene rings is 1. The van der Waals surface area contributed by atoms with Crippen LogP contribution < -0.4 is 10.6 Å². The van der Waals surface area contributed by atoms with Crippen molar-refractivity contribution in [3.05, 3.63) is 34.3 Å². The van der Waals surface area contributed by atoms with E-state index in [4.69, 9.17) is 0 Å². The van der Waals surface area contributed by atoms with Gasteiger partial charge >= 0.3 is 0 Å². The summed E-state index contributed by atoms with van der Waals surface area (Å²) in [6, 6.07) is 7.79. The zero-order chi connectivity index (χ0) is 13.2. The van der Waals surface area contributed by atoms with Crippen molar-refractivity contribution in [3.8, 4) is 0 Å². The van der Waals surface area contributed by atoms with E-state index in [-0.39, 0.29) is 5.91 Å². The number of carbonyl (C=O) groups is 1. The fourth-order valence-electron chi connectivity index (χ4n) is 2.15. The topological polar surface area (TPSA) is 53.5 Å². The molecule has 1 aliphatic rings. The quantitative estimate of drug-likeness (QED) is 0.899. The van der Waals surface area contributed by atoms with E-state index < -0.39 is 5.54 Å². The molecular weight excluding hydrogens is 294 g/mol. The Hall–Kier alpha value is -1.36. The Morgan fingerprint density at radius 2 is 2.17 bits per heavy atom. The van der Waals surface area contributed by atoms with Gasteiger partial charge in [0, 0.05) is 11.0 Å². The number of rotatable bonds is 3. The molecule has 1 heterocycles. The molecule has 0 radical (unpaired) electrons. The molecule has 96 valence electrons. The van der Waals surface area contributed by atoms with Gasteiger partial charge in [-0.25, -0.2) is 0 Å². The van der Waals surface area contributed by atoms with Gasteiger partial charge in [0.05, 0.1) is 0 Å². The number of aliphatic imine (C=N–C) groups is 1. The van der Waals surface area contributed by atoms with Crippen LogP contribution in [0.5, 0.6) is 0 Å². The van der Waals surface area contributed by atoms with Gasteiger partial charge in [0.25, 0.3) is 5.91 Å². The third kappa shape index (κ3) is 2.14. The van der Waals surface area contributed by atoms with Crippen LogP contribution in [0.25, 0.3) is 0 Å². The summed E-state index contributed by atoms with van der Waals surface area (Å²) in [4.78, 5) is 16.5. The van der Waals surface area contributed by atoms with Crippen LogP contribution in [0.4, 0.5) is 0 Å². The minimum Gasteiger partial charge on any atom is -0.338 e. The molecule has 5 heteroatoms. The van der Waals surface area contributed by atoms with Crippen LogP contribution in [0.15, 0.2) is 33.7 Å². The summed E-state index contributed by atoms with van der Waals surface area (Å²) >= 11 is 3.44. The minimum absolute atomic E-state index is 0.0460. The lowest BCUT2D eigenvalue weighted by Crippen LogP contribution is -2.43. The van der Waals surface area contributed by atoms with Crippen molar-refractivity contribution in [3.63, 3.8) is 0 Å². The molecule has 1 fully saturated rings. The van der Waals surface area contributed by atoms with Gasteiger partial charge in [0.1, 0.15) is 5.54 Å². The third-order valence-corrected chi connectivity index (χ3v) is 3.61. The molecule has 0 spiro atoms. The van der Waals surface area contributed by atoms with E-state index in [1.54, 1.807) is 0 Å². The van der Waals surface area contributed by atoms with Gasteiger partial charge in [0.2, 0.25) is 0 Å². The molecule has 2 N–H and O–H groups in total. The van der Waals surface area contributed by atoms with Crippen LogP contribution >= 0.6 is 15.9 Å². The summed E-state index contributed by atoms with van der Waals surface area (Å²) in [7, 11) is 0. The van der Waals surface area contributed by atoms with E-state index in [1.807, 2.05) is 38.1 Å². The van der Waals surface area contributed by atoms with Crippen LogP contribution in [0.2, 0.25) is 0 Å². The Kier molecular flexibility index (Phi) is 3.71. The number of guanidine groups is 1. The summed E-state index contributed by atoms with van der Waals surface area (Å²) in [5.41, 5.74) is 0.232. The van der Waals surface area contributed by atoms with Crippen molar-refractivity contribution in [2.75, 3.05) is 6.54 Å². The molecule has 4 nitrogen and oxygen atoms in total. The first-order valence-corrected chi connectivity index (χ1v) is 6.82. The number of hydrogen-bond acceptors (Lipinski definition) is 2. The molecule has 1 aromatic carbocycles. The lowest BCUT2D eigenvalue weighted by molar-refractivity contribution is -0.124. The second-order valence-corrected chi connectivity index (χ2v) is 5.09. The third-order valence-electron chi connectivity index (χ3n) is 3.12. The molecule has 1 aliphatic heterocycles. The molecular formula is C13H16BrN3O. The Labute approximate surface area is 115 Å². The average molecular weight is 310 g/mol. The van der Waals surface area contributed by atoms with E-state index in [1.165, 1.54) is 0 Å². The van der Waals surface area contributed by atoms with Gasteiger partial charge in [0.15, 0.2) is 5.96 Å². The van der Waals surface area contributed by atoms with E-state index in [2.05, 4.69) is 31.6 Å². The molecule has 1 aromatic rings. The van der Waals surface area contributed by atoms with Crippen molar-refractivity contribution in [2.45, 2.75) is 25.8 Å². The first-order valence-electron chi connectivity index (χ1n) is 6.02. The normalized spacial score (nSPS) is 25.1. The molecule has 18 heavy (non-hydrogen) atoms. The van der Waals surface area contributed by atoms with Gasteiger partial charge in [-0.3, -0.25) is 15.1 Å². The van der Waals surface area contributed by atoms with E-state index >= 15 is 0 Å². The van der Waals surface area contributed by atoms with Gasteiger partial charge in [-0.2, -0.15) is 0 Å². The molecule has 2 rings (SSSR count). The second-order valence-electron chi connectivity index (χ2n) is 4.17. The van der Waals surface area contributed by atoms with Gasteiger partial charge in [-0.15, -0.1) is 0 Å². The molecule has 1 amide bonds. The Balaban J connectivity index is 2.43. The standard InChI is InChI=1S/C13H16BrN3O/c1-3-13(9-6-5-7-10(14)8-9)11(18)16-12(17-13)15-4-2/h5-8H,3-4H2,1-2H3,(H2,15,16,17,18). The number of amides is 1. The number of nitrogens with one attached hydrogen (secondary N) is 2. The van der Waals surface area contributed by atoms with Crippen LogP contribution in [0.3, 0.4) is 0 Å². The van der Waals surface area contributed by atoms with E-state index in [0.717, 1.165) is 10.0 Å². The number of halogens is 1. The van der Waals surface area contributed by atoms with Gasteiger partial charge in [-0.1, -0.05) is 35.0 Å². The van der Waals surface area contributed by atoms with Gasteiger partial charge < -0.3 is 5.32 Å². The molecule has 0 aromatic heterocycles. The predicted molar refractivity (Wildman–Crippen MR) is 75.4 cm³/mol. The SMILES string of the molecule is CCN=C1NC(=O)C(CC)(c2cccc(Br)c2)N1. The summed E-state index contributed by atoms with van der Waals surface area (Å²) in [6.45, 7) is 4.56. The van der Waals surface area contributed by atoms with Crippen LogP contribution in [0, 0.1) is 0 Å². The van der Waals surface area contributed by atoms with Crippen molar-refractivity contribution < 1.29 is 4.79 Å². The maximum Gasteiger partial charge on any atom is 0.257 e. The first-order chi connectivity index (χ1) is 8.62. The van der Waals surface area contributed by atoms with Crippen molar-refractivity contribution in [1.29, 1.82) is 0 Å². The molecule has 0 bridgehead atoms. The smallest absolute Gasteiger partial charge is 0.257 e. The van der Waals surface area contributed by atoms with Gasteiger partial charge in [-0.05, 0) is 31.0 Å². The summed E-state index contributed by atoms with van der Waals surface area (Å²) in [6.07, 6.45) is 0.665. The van der Waals surface area contributed by atoms with E-state index in [0.29, 0.717) is 18.9 Å².